The molecule has 32 heavy (non-hydrogen) atoms. The van der Waals surface area contributed by atoms with Gasteiger partial charge in [0.1, 0.15) is 0 Å². The summed E-state index contributed by atoms with van der Waals surface area (Å²) >= 11 is 13.4. The first kappa shape index (κ1) is 26.9. The lowest BCUT2D eigenvalue weighted by atomic mass is 10.2. The lowest BCUT2D eigenvalue weighted by Gasteiger charge is -2.32. The van der Waals surface area contributed by atoms with Crippen molar-refractivity contribution >= 4 is 55.1 Å². The Morgan fingerprint density at radius 3 is 2.03 bits per heavy atom. The van der Waals surface area contributed by atoms with Gasteiger partial charge in [0.2, 0.25) is 10.0 Å². The van der Waals surface area contributed by atoms with Gasteiger partial charge >= 0.3 is 0 Å². The highest BCUT2D eigenvalue weighted by molar-refractivity contribution is 8.00. The van der Waals surface area contributed by atoms with Gasteiger partial charge in [0.15, 0.2) is 0 Å². The topological polar surface area (TPSA) is 119 Å². The van der Waals surface area contributed by atoms with E-state index < -0.39 is 20.1 Å². The fourth-order valence-electron chi connectivity index (χ4n) is 2.75. The van der Waals surface area contributed by atoms with Gasteiger partial charge in [-0.3, -0.25) is 4.55 Å². The SMILES string of the molecule is CN1CCN(S(=O)(=O)c2cc(C#N)ccc2Sc2cc(Cl)cc(Cl)c2)CC1.CS(=O)(=O)O. The van der Waals surface area contributed by atoms with Crippen molar-refractivity contribution in [1.29, 1.82) is 5.26 Å². The maximum atomic E-state index is 13.2. The minimum atomic E-state index is -3.72. The number of hydrogen-bond acceptors (Lipinski definition) is 7. The van der Waals surface area contributed by atoms with Crippen molar-refractivity contribution in [3.63, 3.8) is 0 Å². The molecule has 1 aliphatic rings. The maximum absolute atomic E-state index is 13.2. The van der Waals surface area contributed by atoms with Crippen molar-refractivity contribution in [2.75, 3.05) is 39.5 Å². The molecular weight excluding hydrogens is 517 g/mol. The smallest absolute Gasteiger partial charge is 0.261 e. The van der Waals surface area contributed by atoms with Crippen molar-refractivity contribution in [1.82, 2.24) is 9.21 Å². The zero-order chi connectivity index (χ0) is 24.1. The van der Waals surface area contributed by atoms with Crippen LogP contribution in [0.3, 0.4) is 0 Å². The summed E-state index contributed by atoms with van der Waals surface area (Å²) in [5.74, 6) is 0. The molecule has 0 radical (unpaired) electrons. The molecule has 1 fully saturated rings. The number of halogens is 2. The van der Waals surface area contributed by atoms with Crippen LogP contribution >= 0.6 is 35.0 Å². The average Bonchev–Trinajstić information content (AvgIpc) is 2.66. The van der Waals surface area contributed by atoms with E-state index in [4.69, 9.17) is 27.8 Å². The molecule has 0 spiro atoms. The Morgan fingerprint density at radius 1 is 1.00 bits per heavy atom. The van der Waals surface area contributed by atoms with Gasteiger partial charge in [0, 0.05) is 46.0 Å². The first-order valence-electron chi connectivity index (χ1n) is 9.09. The summed E-state index contributed by atoms with van der Waals surface area (Å²) in [4.78, 5) is 3.48. The van der Waals surface area contributed by atoms with Gasteiger partial charge < -0.3 is 4.90 Å². The summed E-state index contributed by atoms with van der Waals surface area (Å²) in [6.07, 6.45) is 0.715. The van der Waals surface area contributed by atoms with Crippen LogP contribution < -0.4 is 0 Å². The largest absolute Gasteiger partial charge is 0.304 e. The van der Waals surface area contributed by atoms with Crippen LogP contribution in [0.5, 0.6) is 0 Å². The summed E-state index contributed by atoms with van der Waals surface area (Å²) in [6.45, 7) is 2.18. The van der Waals surface area contributed by atoms with E-state index in [9.17, 15) is 22.1 Å². The van der Waals surface area contributed by atoms with E-state index in [0.29, 0.717) is 52.9 Å². The Kier molecular flexibility index (Phi) is 9.39. The highest BCUT2D eigenvalue weighted by Gasteiger charge is 2.30. The molecule has 13 heteroatoms. The highest BCUT2D eigenvalue weighted by atomic mass is 35.5. The van der Waals surface area contributed by atoms with E-state index in [0.717, 1.165) is 4.90 Å². The Bertz CT molecular complexity index is 1200. The molecule has 0 aliphatic carbocycles. The molecule has 1 N–H and O–H groups in total. The van der Waals surface area contributed by atoms with Crippen LogP contribution in [0, 0.1) is 11.3 Å². The fraction of sp³-hybridized carbons (Fsp3) is 0.316. The maximum Gasteiger partial charge on any atom is 0.261 e. The zero-order valence-corrected chi connectivity index (χ0v) is 21.2. The van der Waals surface area contributed by atoms with Gasteiger partial charge in [0.25, 0.3) is 10.1 Å². The molecule has 0 saturated carbocycles. The second kappa shape index (κ2) is 11.2. The molecule has 3 rings (SSSR count). The first-order valence-corrected chi connectivity index (χ1v) is 13.9. The third kappa shape index (κ3) is 8.20. The Labute approximate surface area is 202 Å². The second-order valence-corrected chi connectivity index (χ2v) is 12.3. The van der Waals surface area contributed by atoms with E-state index in [1.54, 1.807) is 30.3 Å². The number of nitriles is 1. The average molecular weight is 539 g/mol. The lowest BCUT2D eigenvalue weighted by molar-refractivity contribution is 0.222. The summed E-state index contributed by atoms with van der Waals surface area (Å²) in [6, 6.07) is 11.8. The molecule has 0 unspecified atom stereocenters. The van der Waals surface area contributed by atoms with Crippen LogP contribution in [0.25, 0.3) is 0 Å². The predicted molar refractivity (Wildman–Crippen MR) is 125 cm³/mol. The monoisotopic (exact) mass is 537 g/mol. The number of rotatable bonds is 4. The van der Waals surface area contributed by atoms with Gasteiger partial charge in [0.05, 0.1) is 22.8 Å². The van der Waals surface area contributed by atoms with Crippen molar-refractivity contribution < 1.29 is 21.4 Å². The van der Waals surface area contributed by atoms with Crippen molar-refractivity contribution in [3.05, 3.63) is 52.0 Å². The predicted octanol–water partition coefficient (Wildman–Crippen LogP) is 3.46. The van der Waals surface area contributed by atoms with Gasteiger partial charge in [-0.25, -0.2) is 8.42 Å². The minimum Gasteiger partial charge on any atom is -0.304 e. The summed E-state index contributed by atoms with van der Waals surface area (Å²) < 4.78 is 53.8. The molecule has 1 heterocycles. The molecule has 0 bridgehead atoms. The van der Waals surface area contributed by atoms with E-state index in [1.807, 2.05) is 13.1 Å². The molecule has 174 valence electrons. The Morgan fingerprint density at radius 2 is 1.53 bits per heavy atom. The van der Waals surface area contributed by atoms with E-state index in [-0.39, 0.29) is 4.90 Å². The minimum absolute atomic E-state index is 0.132. The van der Waals surface area contributed by atoms with Crippen molar-refractivity contribution in [2.24, 2.45) is 0 Å². The fourth-order valence-corrected chi connectivity index (χ4v) is 6.28. The van der Waals surface area contributed by atoms with Crippen LogP contribution in [0.1, 0.15) is 5.56 Å². The number of benzene rings is 2. The standard InChI is InChI=1S/C18H17Cl2N3O2S2.CH4O3S/c1-22-4-6-23(7-5-22)27(24,25)18-8-13(12-21)2-3-17(18)26-16-10-14(19)9-15(20)11-16;1-5(2,3)4/h2-3,8-11H,4-7H2,1H3;1H3,(H,2,3,4). The number of nitrogens with zero attached hydrogens (tertiary/aromatic N) is 3. The van der Waals surface area contributed by atoms with Gasteiger partial charge in [-0.05, 0) is 43.4 Å². The highest BCUT2D eigenvalue weighted by Crippen LogP contribution is 2.37. The summed E-state index contributed by atoms with van der Waals surface area (Å²) in [5.41, 5.74) is 0.302. The molecule has 0 aromatic heterocycles. The van der Waals surface area contributed by atoms with Crippen LogP contribution in [0.2, 0.25) is 10.0 Å². The Hall–Kier alpha value is -1.36. The van der Waals surface area contributed by atoms with Crippen molar-refractivity contribution in [2.45, 2.75) is 14.7 Å². The van der Waals surface area contributed by atoms with E-state index in [1.165, 1.54) is 22.1 Å². The summed E-state index contributed by atoms with van der Waals surface area (Å²) in [7, 11) is -5.42. The molecule has 2 aromatic carbocycles. The van der Waals surface area contributed by atoms with Gasteiger partial charge in [-0.1, -0.05) is 35.0 Å². The second-order valence-electron chi connectivity index (χ2n) is 6.92. The van der Waals surface area contributed by atoms with Gasteiger partial charge in [-0.15, -0.1) is 0 Å². The molecule has 8 nitrogen and oxygen atoms in total. The Balaban J connectivity index is 0.000000654. The third-order valence-electron chi connectivity index (χ3n) is 4.22. The lowest BCUT2D eigenvalue weighted by Crippen LogP contribution is -2.47. The molecule has 2 aromatic rings. The van der Waals surface area contributed by atoms with Crippen molar-refractivity contribution in [3.8, 4) is 6.07 Å². The van der Waals surface area contributed by atoms with E-state index in [2.05, 4.69) is 4.90 Å². The molecule has 0 atom stereocenters. The third-order valence-corrected chi connectivity index (χ3v) is 7.77. The number of sulfonamides is 1. The normalized spacial score (nSPS) is 15.5. The molecular formula is C19H21Cl2N3O5S3. The van der Waals surface area contributed by atoms with Crippen LogP contribution in [0.15, 0.2) is 51.1 Å². The number of piperazine rings is 1. The van der Waals surface area contributed by atoms with Crippen LogP contribution in [-0.2, 0) is 20.1 Å². The molecule has 1 aliphatic heterocycles. The van der Waals surface area contributed by atoms with E-state index >= 15 is 0 Å². The molecule has 1 saturated heterocycles. The first-order chi connectivity index (χ1) is 14.8. The summed E-state index contributed by atoms with van der Waals surface area (Å²) in [5, 5.41) is 10.2. The number of hydrogen-bond donors (Lipinski definition) is 1. The van der Waals surface area contributed by atoms with Crippen LogP contribution in [0.4, 0.5) is 0 Å². The number of likely N-dealkylation sites (N-methyl/N-ethyl adjacent to an activating group) is 1. The zero-order valence-electron chi connectivity index (χ0n) is 17.2. The van der Waals surface area contributed by atoms with Gasteiger partial charge in [-0.2, -0.15) is 18.0 Å². The molecule has 0 amide bonds. The quantitative estimate of drug-likeness (QED) is 0.588. The van der Waals surface area contributed by atoms with Crippen LogP contribution in [-0.4, -0.2) is 70.1 Å².